The van der Waals surface area contributed by atoms with E-state index in [2.05, 4.69) is 17.6 Å². The van der Waals surface area contributed by atoms with Crippen LogP contribution in [0.25, 0.3) is 0 Å². The van der Waals surface area contributed by atoms with E-state index >= 15 is 0 Å². The van der Waals surface area contributed by atoms with Gasteiger partial charge in [-0.05, 0) is 37.1 Å². The third kappa shape index (κ3) is 11.4. The van der Waals surface area contributed by atoms with Gasteiger partial charge < -0.3 is 20.1 Å². The number of para-hydroxylation sites is 2. The third-order valence-corrected chi connectivity index (χ3v) is 5.09. The van der Waals surface area contributed by atoms with Gasteiger partial charge in [0.15, 0.2) is 0 Å². The molecule has 0 bridgehead atoms. The fourth-order valence-corrected chi connectivity index (χ4v) is 3.37. The van der Waals surface area contributed by atoms with Crippen LogP contribution in [0.1, 0.15) is 71.1 Å². The molecule has 0 atom stereocenters. The highest BCUT2D eigenvalue weighted by molar-refractivity contribution is 5.73. The number of hydrogen-bond donors (Lipinski definition) is 2. The Morgan fingerprint density at radius 2 is 1.06 bits per heavy atom. The normalized spacial score (nSPS) is 10.6. The molecular formula is C26H36N2O4. The molecule has 0 aliphatic rings. The lowest BCUT2D eigenvalue weighted by atomic mass is 10.1. The van der Waals surface area contributed by atoms with Crippen LogP contribution < -0.4 is 20.1 Å². The van der Waals surface area contributed by atoms with E-state index in [1.54, 1.807) is 48.5 Å². The SMILES string of the molecule is CCCCCCCCCCCC(NC(=O)Oc1ccccc1)NC(=O)Oc1ccccc1. The summed E-state index contributed by atoms with van der Waals surface area (Å²) in [6.45, 7) is 2.23. The van der Waals surface area contributed by atoms with Crippen molar-refractivity contribution in [2.24, 2.45) is 0 Å². The molecule has 6 nitrogen and oxygen atoms in total. The highest BCUT2D eigenvalue weighted by Crippen LogP contribution is 2.13. The Morgan fingerprint density at radius 3 is 1.50 bits per heavy atom. The summed E-state index contributed by atoms with van der Waals surface area (Å²) in [4.78, 5) is 24.6. The average Bonchev–Trinajstić information content (AvgIpc) is 2.79. The second-order valence-electron chi connectivity index (χ2n) is 7.86. The summed E-state index contributed by atoms with van der Waals surface area (Å²) in [6, 6.07) is 17.7. The number of nitrogens with one attached hydrogen (secondary N) is 2. The number of hydrogen-bond acceptors (Lipinski definition) is 4. The second kappa shape index (κ2) is 15.7. The van der Waals surface area contributed by atoms with Crippen LogP contribution in [0.2, 0.25) is 0 Å². The number of carbonyl (C=O) groups excluding carboxylic acids is 2. The summed E-state index contributed by atoms with van der Waals surface area (Å²) < 4.78 is 10.6. The van der Waals surface area contributed by atoms with Crippen molar-refractivity contribution in [2.75, 3.05) is 0 Å². The molecule has 2 rings (SSSR count). The first-order chi connectivity index (χ1) is 15.7. The molecule has 6 heteroatoms. The van der Waals surface area contributed by atoms with Gasteiger partial charge in [-0.15, -0.1) is 0 Å². The molecule has 2 aromatic carbocycles. The maximum Gasteiger partial charge on any atom is 0.414 e. The standard InChI is InChI=1S/C26H36N2O4/c1-2-3-4-5-6-7-8-9-16-21-24(27-25(29)31-22-17-12-10-13-18-22)28-26(30)32-23-19-14-11-15-20-23/h10-15,17-20,24H,2-9,16,21H2,1H3,(H,27,29)(H,28,30). The molecule has 0 spiro atoms. The lowest BCUT2D eigenvalue weighted by Crippen LogP contribution is -2.49. The monoisotopic (exact) mass is 440 g/mol. The third-order valence-electron chi connectivity index (χ3n) is 5.09. The molecule has 0 aliphatic heterocycles. The van der Waals surface area contributed by atoms with Crippen molar-refractivity contribution in [1.29, 1.82) is 0 Å². The van der Waals surface area contributed by atoms with Crippen LogP contribution in [0.15, 0.2) is 60.7 Å². The van der Waals surface area contributed by atoms with Crippen LogP contribution in [-0.4, -0.2) is 18.4 Å². The van der Waals surface area contributed by atoms with Gasteiger partial charge in [-0.25, -0.2) is 9.59 Å². The van der Waals surface area contributed by atoms with Crippen molar-refractivity contribution in [2.45, 2.75) is 77.3 Å². The molecular weight excluding hydrogens is 404 g/mol. The Labute approximate surface area is 191 Å². The zero-order valence-electron chi connectivity index (χ0n) is 19.1. The van der Waals surface area contributed by atoms with Gasteiger partial charge >= 0.3 is 12.2 Å². The highest BCUT2D eigenvalue weighted by Gasteiger charge is 2.17. The lowest BCUT2D eigenvalue weighted by molar-refractivity contribution is 0.180. The van der Waals surface area contributed by atoms with E-state index in [-0.39, 0.29) is 0 Å². The van der Waals surface area contributed by atoms with Crippen molar-refractivity contribution in [3.05, 3.63) is 60.7 Å². The van der Waals surface area contributed by atoms with Crippen LogP contribution in [0.3, 0.4) is 0 Å². The van der Waals surface area contributed by atoms with Gasteiger partial charge in [0.1, 0.15) is 17.7 Å². The zero-order chi connectivity index (χ0) is 22.9. The van der Waals surface area contributed by atoms with Crippen molar-refractivity contribution in [3.63, 3.8) is 0 Å². The summed E-state index contributed by atoms with van der Waals surface area (Å²) in [6.07, 6.45) is 9.58. The minimum Gasteiger partial charge on any atom is -0.410 e. The highest BCUT2D eigenvalue weighted by atomic mass is 16.6. The summed E-state index contributed by atoms with van der Waals surface area (Å²) in [7, 11) is 0. The van der Waals surface area contributed by atoms with Crippen LogP contribution in [0.5, 0.6) is 11.5 Å². The smallest absolute Gasteiger partial charge is 0.410 e. The maximum absolute atomic E-state index is 12.3. The molecule has 0 saturated carbocycles. The fourth-order valence-electron chi connectivity index (χ4n) is 3.37. The summed E-state index contributed by atoms with van der Waals surface area (Å²) in [5.41, 5.74) is 0. The van der Waals surface area contributed by atoms with Gasteiger partial charge in [0.25, 0.3) is 0 Å². The van der Waals surface area contributed by atoms with E-state index in [9.17, 15) is 9.59 Å². The molecule has 0 fully saturated rings. The molecule has 0 heterocycles. The molecule has 2 N–H and O–H groups in total. The maximum atomic E-state index is 12.3. The lowest BCUT2D eigenvalue weighted by Gasteiger charge is -2.20. The number of rotatable bonds is 14. The van der Waals surface area contributed by atoms with E-state index in [0.29, 0.717) is 17.9 Å². The fraction of sp³-hybridized carbons (Fsp3) is 0.462. The minimum absolute atomic E-state index is 0.443. The largest absolute Gasteiger partial charge is 0.414 e. The van der Waals surface area contributed by atoms with Gasteiger partial charge in [-0.3, -0.25) is 0 Å². The van der Waals surface area contributed by atoms with Gasteiger partial charge in [-0.2, -0.15) is 0 Å². The molecule has 0 unspecified atom stereocenters. The van der Waals surface area contributed by atoms with E-state index < -0.39 is 18.4 Å². The van der Waals surface area contributed by atoms with Crippen molar-refractivity contribution in [3.8, 4) is 11.5 Å². The molecule has 174 valence electrons. The van der Waals surface area contributed by atoms with E-state index in [0.717, 1.165) is 19.3 Å². The van der Waals surface area contributed by atoms with Crippen LogP contribution in [-0.2, 0) is 0 Å². The first-order valence-corrected chi connectivity index (χ1v) is 11.7. The molecule has 0 saturated heterocycles. The summed E-state index contributed by atoms with van der Waals surface area (Å²) in [5.74, 6) is 0.886. The first-order valence-electron chi connectivity index (χ1n) is 11.7. The van der Waals surface area contributed by atoms with Crippen molar-refractivity contribution >= 4 is 12.2 Å². The van der Waals surface area contributed by atoms with Crippen LogP contribution >= 0.6 is 0 Å². The second-order valence-corrected chi connectivity index (χ2v) is 7.86. The Hall–Kier alpha value is -3.02. The molecule has 2 aromatic rings. The van der Waals surface area contributed by atoms with E-state index in [1.165, 1.54) is 38.5 Å². The predicted octanol–water partition coefficient (Wildman–Crippen LogP) is 6.81. The molecule has 0 radical (unpaired) electrons. The average molecular weight is 441 g/mol. The summed E-state index contributed by atoms with van der Waals surface area (Å²) in [5, 5.41) is 5.47. The molecule has 2 amide bonds. The van der Waals surface area contributed by atoms with E-state index in [4.69, 9.17) is 9.47 Å². The van der Waals surface area contributed by atoms with Gasteiger partial charge in [0.05, 0.1) is 0 Å². The number of benzene rings is 2. The molecule has 0 aromatic heterocycles. The number of ether oxygens (including phenoxy) is 2. The number of unbranched alkanes of at least 4 members (excludes halogenated alkanes) is 8. The van der Waals surface area contributed by atoms with Gasteiger partial charge in [-0.1, -0.05) is 94.7 Å². The van der Waals surface area contributed by atoms with Crippen molar-refractivity contribution < 1.29 is 19.1 Å². The zero-order valence-corrected chi connectivity index (χ0v) is 19.1. The van der Waals surface area contributed by atoms with Crippen LogP contribution in [0.4, 0.5) is 9.59 Å². The summed E-state index contributed by atoms with van der Waals surface area (Å²) >= 11 is 0. The molecule has 0 aliphatic carbocycles. The first kappa shape index (κ1) is 25.2. The minimum atomic E-state index is -0.614. The van der Waals surface area contributed by atoms with E-state index in [1.807, 2.05) is 12.1 Å². The van der Waals surface area contributed by atoms with Gasteiger partial charge in [0, 0.05) is 0 Å². The Kier molecular flexibility index (Phi) is 12.4. The Morgan fingerprint density at radius 1 is 0.656 bits per heavy atom. The number of carbonyl (C=O) groups is 2. The Bertz CT molecular complexity index is 712. The molecule has 32 heavy (non-hydrogen) atoms. The van der Waals surface area contributed by atoms with Crippen molar-refractivity contribution in [1.82, 2.24) is 10.6 Å². The van der Waals surface area contributed by atoms with Gasteiger partial charge in [0.2, 0.25) is 0 Å². The topological polar surface area (TPSA) is 76.7 Å². The predicted molar refractivity (Wildman–Crippen MR) is 127 cm³/mol. The number of amides is 2. The quantitative estimate of drug-likeness (QED) is 0.250. The Balaban J connectivity index is 1.77. The van der Waals surface area contributed by atoms with Crippen LogP contribution in [0, 0.1) is 0 Å².